The van der Waals surface area contributed by atoms with Crippen LogP contribution >= 0.6 is 0 Å². The van der Waals surface area contributed by atoms with E-state index < -0.39 is 0 Å². The number of allylic oxidation sites excluding steroid dienone is 1. The van der Waals surface area contributed by atoms with Crippen molar-refractivity contribution >= 4 is 22.4 Å². The second-order valence-corrected chi connectivity index (χ2v) is 9.21. The van der Waals surface area contributed by atoms with Gasteiger partial charge < -0.3 is 14.1 Å². The highest BCUT2D eigenvalue weighted by Crippen LogP contribution is 2.37. The van der Waals surface area contributed by atoms with Gasteiger partial charge >= 0.3 is 0 Å². The SMILES string of the molecule is CCOc1cc2occ(-c3ccccc3)c2cc1/C(C)=C/C(=O)N1CCN(Cc2ccccc2)CC1. The van der Waals surface area contributed by atoms with E-state index in [0.29, 0.717) is 6.61 Å². The minimum absolute atomic E-state index is 0.0462. The molecule has 36 heavy (non-hydrogen) atoms. The summed E-state index contributed by atoms with van der Waals surface area (Å²) in [6.07, 6.45) is 3.54. The molecule has 1 fully saturated rings. The van der Waals surface area contributed by atoms with Gasteiger partial charge in [0.1, 0.15) is 11.3 Å². The second kappa shape index (κ2) is 10.8. The standard InChI is InChI=1S/C31H32N2O3/c1-3-35-29-20-30-27(28(22-36-30)25-12-8-5-9-13-25)19-26(29)23(2)18-31(34)33-16-14-32(15-17-33)21-24-10-6-4-7-11-24/h4-13,18-20,22H,3,14-17,21H2,1-2H3/b23-18+. The third-order valence-corrected chi connectivity index (χ3v) is 6.76. The molecule has 0 unspecified atom stereocenters. The summed E-state index contributed by atoms with van der Waals surface area (Å²) in [6.45, 7) is 8.61. The summed E-state index contributed by atoms with van der Waals surface area (Å²) in [7, 11) is 0. The summed E-state index contributed by atoms with van der Waals surface area (Å²) in [6, 6.07) is 24.7. The molecule has 0 saturated carbocycles. The normalized spacial score (nSPS) is 14.8. The molecule has 5 heteroatoms. The third-order valence-electron chi connectivity index (χ3n) is 6.76. The highest BCUT2D eigenvalue weighted by Gasteiger charge is 2.21. The average molecular weight is 481 g/mol. The van der Waals surface area contributed by atoms with Crippen LogP contribution in [-0.2, 0) is 11.3 Å². The Balaban J connectivity index is 1.35. The van der Waals surface area contributed by atoms with Gasteiger partial charge in [-0.3, -0.25) is 9.69 Å². The highest BCUT2D eigenvalue weighted by atomic mass is 16.5. The molecule has 1 aromatic heterocycles. The van der Waals surface area contributed by atoms with Gasteiger partial charge in [0, 0.05) is 61.4 Å². The topological polar surface area (TPSA) is 45.9 Å². The molecule has 1 aliphatic heterocycles. The largest absolute Gasteiger partial charge is 0.493 e. The Labute approximate surface area is 212 Å². The lowest BCUT2D eigenvalue weighted by molar-refractivity contribution is -0.127. The first-order valence-corrected chi connectivity index (χ1v) is 12.6. The number of amides is 1. The van der Waals surface area contributed by atoms with Gasteiger partial charge in [0.05, 0.1) is 12.9 Å². The molecule has 0 N–H and O–H groups in total. The first kappa shape index (κ1) is 23.9. The molecule has 0 radical (unpaired) electrons. The molecule has 2 heterocycles. The number of piperazine rings is 1. The number of benzene rings is 3. The molecule has 0 bridgehead atoms. The summed E-state index contributed by atoms with van der Waals surface area (Å²) in [5.41, 5.74) is 6.01. The zero-order valence-corrected chi connectivity index (χ0v) is 20.9. The van der Waals surface area contributed by atoms with Crippen LogP contribution in [0.15, 0.2) is 89.6 Å². The summed E-state index contributed by atoms with van der Waals surface area (Å²) in [5, 5.41) is 1.01. The molecule has 0 spiro atoms. The Morgan fingerprint density at radius 1 is 0.972 bits per heavy atom. The van der Waals surface area contributed by atoms with E-state index in [1.54, 1.807) is 12.3 Å². The van der Waals surface area contributed by atoms with Gasteiger partial charge in [-0.25, -0.2) is 0 Å². The molecule has 4 aromatic rings. The molecule has 0 atom stereocenters. The number of rotatable bonds is 7. The fourth-order valence-electron chi connectivity index (χ4n) is 4.80. The van der Waals surface area contributed by atoms with E-state index in [0.717, 1.165) is 71.7 Å². The van der Waals surface area contributed by atoms with Crippen LogP contribution < -0.4 is 4.74 Å². The molecule has 5 rings (SSSR count). The van der Waals surface area contributed by atoms with Crippen LogP contribution in [0.4, 0.5) is 0 Å². The van der Waals surface area contributed by atoms with Crippen LogP contribution in [0.3, 0.4) is 0 Å². The van der Waals surface area contributed by atoms with Crippen LogP contribution in [0.25, 0.3) is 27.7 Å². The monoisotopic (exact) mass is 480 g/mol. The van der Waals surface area contributed by atoms with E-state index in [9.17, 15) is 4.79 Å². The van der Waals surface area contributed by atoms with Gasteiger partial charge in [-0.15, -0.1) is 0 Å². The number of furan rings is 1. The van der Waals surface area contributed by atoms with Crippen LogP contribution in [0.1, 0.15) is 25.0 Å². The van der Waals surface area contributed by atoms with Crippen molar-refractivity contribution in [3.05, 3.63) is 96.3 Å². The van der Waals surface area contributed by atoms with E-state index in [1.807, 2.05) is 49.1 Å². The van der Waals surface area contributed by atoms with Crippen molar-refractivity contribution in [2.75, 3.05) is 32.8 Å². The molecule has 3 aromatic carbocycles. The van der Waals surface area contributed by atoms with Gasteiger partial charge in [0.2, 0.25) is 5.91 Å². The summed E-state index contributed by atoms with van der Waals surface area (Å²) < 4.78 is 11.8. The van der Waals surface area contributed by atoms with Crippen molar-refractivity contribution in [2.45, 2.75) is 20.4 Å². The maximum Gasteiger partial charge on any atom is 0.246 e. The quantitative estimate of drug-likeness (QED) is 0.294. The van der Waals surface area contributed by atoms with Gasteiger partial charge in [0.25, 0.3) is 0 Å². The molecule has 1 amide bonds. The minimum Gasteiger partial charge on any atom is -0.493 e. The van der Waals surface area contributed by atoms with E-state index in [-0.39, 0.29) is 5.91 Å². The van der Waals surface area contributed by atoms with E-state index in [1.165, 1.54) is 5.56 Å². The predicted molar refractivity (Wildman–Crippen MR) is 145 cm³/mol. The lowest BCUT2D eigenvalue weighted by Gasteiger charge is -2.34. The van der Waals surface area contributed by atoms with Crippen molar-refractivity contribution in [2.24, 2.45) is 0 Å². The summed E-state index contributed by atoms with van der Waals surface area (Å²) in [5.74, 6) is 0.776. The lowest BCUT2D eigenvalue weighted by atomic mass is 9.99. The smallest absolute Gasteiger partial charge is 0.246 e. The number of fused-ring (bicyclic) bond motifs is 1. The molecular formula is C31H32N2O3. The van der Waals surface area contributed by atoms with Crippen molar-refractivity contribution < 1.29 is 13.9 Å². The lowest BCUT2D eigenvalue weighted by Crippen LogP contribution is -2.47. The fourth-order valence-corrected chi connectivity index (χ4v) is 4.80. The van der Waals surface area contributed by atoms with E-state index in [4.69, 9.17) is 9.15 Å². The Bertz CT molecular complexity index is 1350. The van der Waals surface area contributed by atoms with Crippen LogP contribution in [0.5, 0.6) is 5.75 Å². The number of hydrogen-bond donors (Lipinski definition) is 0. The third kappa shape index (κ3) is 5.21. The average Bonchev–Trinajstić information content (AvgIpc) is 3.33. The Hall–Kier alpha value is -3.83. The Kier molecular flexibility index (Phi) is 7.19. The van der Waals surface area contributed by atoms with Crippen molar-refractivity contribution in [3.8, 4) is 16.9 Å². The minimum atomic E-state index is 0.0462. The molecular weight excluding hydrogens is 448 g/mol. The Morgan fingerprint density at radius 3 is 2.36 bits per heavy atom. The maximum absolute atomic E-state index is 13.2. The first-order chi connectivity index (χ1) is 17.6. The van der Waals surface area contributed by atoms with E-state index >= 15 is 0 Å². The van der Waals surface area contributed by atoms with Crippen LogP contribution in [0.2, 0.25) is 0 Å². The summed E-state index contributed by atoms with van der Waals surface area (Å²) >= 11 is 0. The van der Waals surface area contributed by atoms with Crippen molar-refractivity contribution in [1.82, 2.24) is 9.80 Å². The maximum atomic E-state index is 13.2. The number of nitrogens with zero attached hydrogens (tertiary/aromatic N) is 2. The molecule has 5 nitrogen and oxygen atoms in total. The zero-order chi connectivity index (χ0) is 24.9. The van der Waals surface area contributed by atoms with Crippen LogP contribution in [0, 0.1) is 0 Å². The molecule has 184 valence electrons. The van der Waals surface area contributed by atoms with Gasteiger partial charge in [-0.05, 0) is 36.6 Å². The van der Waals surface area contributed by atoms with E-state index in [2.05, 4.69) is 47.4 Å². The zero-order valence-electron chi connectivity index (χ0n) is 20.9. The molecule has 0 aliphatic carbocycles. The van der Waals surface area contributed by atoms with Gasteiger partial charge in [0.15, 0.2) is 0 Å². The number of carbonyl (C=O) groups is 1. The summed E-state index contributed by atoms with van der Waals surface area (Å²) in [4.78, 5) is 17.5. The first-order valence-electron chi connectivity index (χ1n) is 12.6. The van der Waals surface area contributed by atoms with Crippen molar-refractivity contribution in [3.63, 3.8) is 0 Å². The second-order valence-electron chi connectivity index (χ2n) is 9.21. The molecule has 1 aliphatic rings. The Morgan fingerprint density at radius 2 is 1.67 bits per heavy atom. The molecule has 1 saturated heterocycles. The number of hydrogen-bond acceptors (Lipinski definition) is 4. The predicted octanol–water partition coefficient (Wildman–Crippen LogP) is 6.25. The van der Waals surface area contributed by atoms with Crippen LogP contribution in [-0.4, -0.2) is 48.5 Å². The number of carbonyl (C=O) groups excluding carboxylic acids is 1. The number of ether oxygens (including phenoxy) is 1. The van der Waals surface area contributed by atoms with Gasteiger partial charge in [-0.2, -0.15) is 0 Å². The van der Waals surface area contributed by atoms with Gasteiger partial charge in [-0.1, -0.05) is 60.7 Å². The fraction of sp³-hybridized carbons (Fsp3) is 0.258. The van der Waals surface area contributed by atoms with Crippen molar-refractivity contribution in [1.29, 1.82) is 0 Å². The highest BCUT2D eigenvalue weighted by molar-refractivity contribution is 6.00.